The van der Waals surface area contributed by atoms with Crippen LogP contribution in [0.4, 0.5) is 4.39 Å². The maximum atomic E-state index is 13.1. The van der Waals surface area contributed by atoms with Crippen LogP contribution in [0.2, 0.25) is 0 Å². The van der Waals surface area contributed by atoms with Crippen molar-refractivity contribution in [1.82, 2.24) is 5.32 Å². The van der Waals surface area contributed by atoms with Gasteiger partial charge in [-0.05, 0) is 13.0 Å². The first-order valence-electron chi connectivity index (χ1n) is 4.82. The molecule has 1 unspecified atom stereocenters. The van der Waals surface area contributed by atoms with Crippen LogP contribution in [-0.4, -0.2) is 29.0 Å². The third-order valence-electron chi connectivity index (χ3n) is 2.12. The minimum absolute atomic E-state index is 0.220. The molecular formula is C11H16FNO2. The minimum atomic E-state index is -1.16. The molecule has 0 bridgehead atoms. The maximum absolute atomic E-state index is 13.1. The average Bonchev–Trinajstić information content (AvgIpc) is 2.21. The Morgan fingerprint density at radius 2 is 2.07 bits per heavy atom. The molecule has 3 nitrogen and oxygen atoms in total. The largest absolute Gasteiger partial charge is 0.393 e. The van der Waals surface area contributed by atoms with Gasteiger partial charge in [-0.1, -0.05) is 18.2 Å². The summed E-state index contributed by atoms with van der Waals surface area (Å²) in [5.41, 5.74) is -0.614. The number of aliphatic hydroxyl groups excluding tert-OH is 1. The quantitative estimate of drug-likeness (QED) is 0.673. The molecule has 4 heteroatoms. The number of aliphatic hydroxyl groups is 2. The van der Waals surface area contributed by atoms with E-state index in [2.05, 4.69) is 5.32 Å². The van der Waals surface area contributed by atoms with Crippen molar-refractivity contribution in [3.05, 3.63) is 35.6 Å². The molecular weight excluding hydrogens is 197 g/mol. The topological polar surface area (TPSA) is 52.5 Å². The Balaban J connectivity index is 2.42. The Kier molecular flexibility index (Phi) is 4.20. The minimum Gasteiger partial charge on any atom is -0.393 e. The van der Waals surface area contributed by atoms with E-state index in [9.17, 15) is 9.50 Å². The van der Waals surface area contributed by atoms with Gasteiger partial charge < -0.3 is 15.5 Å². The van der Waals surface area contributed by atoms with Crippen molar-refractivity contribution >= 4 is 0 Å². The standard InChI is InChI=1S/C11H16FNO2/c1-11(15,8-14)7-13-6-9-4-2-3-5-10(9)12/h2-5,13-15H,6-8H2,1H3. The third kappa shape index (κ3) is 3.95. The van der Waals surface area contributed by atoms with Crippen molar-refractivity contribution in [3.8, 4) is 0 Å². The molecule has 0 aliphatic carbocycles. The Labute approximate surface area is 88.6 Å². The van der Waals surface area contributed by atoms with E-state index in [4.69, 9.17) is 5.11 Å². The van der Waals surface area contributed by atoms with Gasteiger partial charge in [0.15, 0.2) is 0 Å². The summed E-state index contributed by atoms with van der Waals surface area (Å²) in [7, 11) is 0. The highest BCUT2D eigenvalue weighted by atomic mass is 19.1. The fourth-order valence-corrected chi connectivity index (χ4v) is 1.16. The van der Waals surface area contributed by atoms with Gasteiger partial charge >= 0.3 is 0 Å². The molecule has 15 heavy (non-hydrogen) atoms. The second kappa shape index (κ2) is 5.21. The van der Waals surface area contributed by atoms with Gasteiger partial charge in [-0.2, -0.15) is 0 Å². The van der Waals surface area contributed by atoms with E-state index in [-0.39, 0.29) is 19.0 Å². The van der Waals surface area contributed by atoms with Crippen molar-refractivity contribution in [2.75, 3.05) is 13.2 Å². The smallest absolute Gasteiger partial charge is 0.127 e. The van der Waals surface area contributed by atoms with E-state index < -0.39 is 5.60 Å². The van der Waals surface area contributed by atoms with Crippen LogP contribution in [0.25, 0.3) is 0 Å². The summed E-state index contributed by atoms with van der Waals surface area (Å²) in [4.78, 5) is 0. The van der Waals surface area contributed by atoms with Crippen molar-refractivity contribution < 1.29 is 14.6 Å². The fraction of sp³-hybridized carbons (Fsp3) is 0.455. The molecule has 1 atom stereocenters. The van der Waals surface area contributed by atoms with Gasteiger partial charge in [0.2, 0.25) is 0 Å². The van der Waals surface area contributed by atoms with Gasteiger partial charge in [-0.3, -0.25) is 0 Å². The van der Waals surface area contributed by atoms with Crippen LogP contribution >= 0.6 is 0 Å². The molecule has 1 aromatic carbocycles. The van der Waals surface area contributed by atoms with Gasteiger partial charge in [0.1, 0.15) is 5.82 Å². The molecule has 0 aliphatic rings. The van der Waals surface area contributed by atoms with Gasteiger partial charge in [-0.25, -0.2) is 4.39 Å². The zero-order chi connectivity index (χ0) is 11.3. The molecule has 3 N–H and O–H groups in total. The first-order valence-corrected chi connectivity index (χ1v) is 4.82. The predicted molar refractivity (Wildman–Crippen MR) is 55.8 cm³/mol. The molecule has 0 fully saturated rings. The summed E-state index contributed by atoms with van der Waals surface area (Å²) in [6, 6.07) is 6.45. The van der Waals surface area contributed by atoms with Gasteiger partial charge in [-0.15, -0.1) is 0 Å². The predicted octanol–water partition coefficient (Wildman–Crippen LogP) is 0.659. The van der Waals surface area contributed by atoms with Gasteiger partial charge in [0.25, 0.3) is 0 Å². The van der Waals surface area contributed by atoms with Crippen LogP contribution < -0.4 is 5.32 Å². The van der Waals surface area contributed by atoms with Crippen LogP contribution in [0.5, 0.6) is 0 Å². The molecule has 1 rings (SSSR count). The highest BCUT2D eigenvalue weighted by Crippen LogP contribution is 2.06. The monoisotopic (exact) mass is 213 g/mol. The highest BCUT2D eigenvalue weighted by molar-refractivity contribution is 5.16. The van der Waals surface area contributed by atoms with E-state index in [0.29, 0.717) is 12.1 Å². The Morgan fingerprint density at radius 1 is 1.40 bits per heavy atom. The lowest BCUT2D eigenvalue weighted by molar-refractivity contribution is 0.00249. The second-order valence-corrected chi connectivity index (χ2v) is 3.85. The van der Waals surface area contributed by atoms with E-state index in [1.165, 1.54) is 13.0 Å². The zero-order valence-corrected chi connectivity index (χ0v) is 8.70. The molecule has 0 saturated carbocycles. The molecule has 0 spiro atoms. The maximum Gasteiger partial charge on any atom is 0.127 e. The third-order valence-corrected chi connectivity index (χ3v) is 2.12. The summed E-state index contributed by atoms with van der Waals surface area (Å²) < 4.78 is 13.1. The molecule has 0 heterocycles. The highest BCUT2D eigenvalue weighted by Gasteiger charge is 2.17. The zero-order valence-electron chi connectivity index (χ0n) is 8.70. The van der Waals surface area contributed by atoms with Crippen molar-refractivity contribution in [3.63, 3.8) is 0 Å². The summed E-state index contributed by atoms with van der Waals surface area (Å²) in [5, 5.41) is 21.1. The Hall–Kier alpha value is -0.970. The van der Waals surface area contributed by atoms with Crippen LogP contribution in [-0.2, 0) is 6.54 Å². The number of benzene rings is 1. The fourth-order valence-electron chi connectivity index (χ4n) is 1.16. The SMILES string of the molecule is CC(O)(CO)CNCc1ccccc1F. The molecule has 84 valence electrons. The number of halogens is 1. The number of nitrogens with one attached hydrogen (secondary N) is 1. The average molecular weight is 213 g/mol. The van der Waals surface area contributed by atoms with Crippen molar-refractivity contribution in [1.29, 1.82) is 0 Å². The van der Waals surface area contributed by atoms with Crippen LogP contribution in [0.3, 0.4) is 0 Å². The van der Waals surface area contributed by atoms with Gasteiger partial charge in [0, 0.05) is 18.7 Å². The number of rotatable bonds is 5. The molecule has 0 radical (unpaired) electrons. The normalized spacial score (nSPS) is 14.9. The summed E-state index contributed by atoms with van der Waals surface area (Å²) in [5.74, 6) is -0.270. The number of hydrogen-bond acceptors (Lipinski definition) is 3. The van der Waals surface area contributed by atoms with Crippen molar-refractivity contribution in [2.45, 2.75) is 19.1 Å². The van der Waals surface area contributed by atoms with E-state index in [1.807, 2.05) is 0 Å². The summed E-state index contributed by atoms with van der Waals surface area (Å²) >= 11 is 0. The van der Waals surface area contributed by atoms with Gasteiger partial charge in [0.05, 0.1) is 12.2 Å². The molecule has 0 amide bonds. The Bertz CT molecular complexity index is 315. The van der Waals surface area contributed by atoms with Crippen LogP contribution in [0, 0.1) is 5.82 Å². The first kappa shape index (κ1) is 12.1. The van der Waals surface area contributed by atoms with E-state index >= 15 is 0 Å². The first-order chi connectivity index (χ1) is 7.05. The molecule has 0 aliphatic heterocycles. The molecule has 0 aromatic heterocycles. The molecule has 0 saturated heterocycles. The van der Waals surface area contributed by atoms with Crippen molar-refractivity contribution in [2.24, 2.45) is 0 Å². The van der Waals surface area contributed by atoms with Crippen LogP contribution in [0.1, 0.15) is 12.5 Å². The van der Waals surface area contributed by atoms with E-state index in [0.717, 1.165) is 0 Å². The Morgan fingerprint density at radius 3 is 2.67 bits per heavy atom. The van der Waals surface area contributed by atoms with E-state index in [1.54, 1.807) is 18.2 Å². The lowest BCUT2D eigenvalue weighted by Gasteiger charge is -2.20. The summed E-state index contributed by atoms with van der Waals surface area (Å²) in [6.45, 7) is 1.75. The lowest BCUT2D eigenvalue weighted by Crippen LogP contribution is -2.40. The molecule has 1 aromatic rings. The number of hydrogen-bond donors (Lipinski definition) is 3. The second-order valence-electron chi connectivity index (χ2n) is 3.85. The lowest BCUT2D eigenvalue weighted by atomic mass is 10.1. The van der Waals surface area contributed by atoms with Crippen LogP contribution in [0.15, 0.2) is 24.3 Å². The summed E-state index contributed by atoms with van der Waals surface area (Å²) in [6.07, 6.45) is 0.